The van der Waals surface area contributed by atoms with Crippen LogP contribution in [0.4, 0.5) is 0 Å². The zero-order valence-corrected chi connectivity index (χ0v) is 10.2. The highest BCUT2D eigenvalue weighted by Crippen LogP contribution is 2.17. The minimum Gasteiger partial charge on any atom is -0.487 e. The molecule has 0 aliphatic heterocycles. The predicted octanol–water partition coefficient (Wildman–Crippen LogP) is 3.22. The third-order valence-corrected chi connectivity index (χ3v) is 2.88. The highest BCUT2D eigenvalue weighted by atomic mass is 16.5. The van der Waals surface area contributed by atoms with Crippen molar-refractivity contribution in [2.24, 2.45) is 0 Å². The second-order valence-corrected chi connectivity index (χ2v) is 4.25. The summed E-state index contributed by atoms with van der Waals surface area (Å²) in [6, 6.07) is 14.0. The summed E-state index contributed by atoms with van der Waals surface area (Å²) in [6.45, 7) is 2.53. The van der Waals surface area contributed by atoms with Gasteiger partial charge in [0.25, 0.3) is 0 Å². The molecule has 0 aliphatic rings. The Morgan fingerprint density at radius 1 is 1.11 bits per heavy atom. The standard InChI is InChI=1S/C15H14N2O/c1-12-6-2-3-7-14(12)18-11-13-10-17-9-5-4-8-15(17)16-13/h2-10H,11H2,1H3. The maximum absolute atomic E-state index is 5.78. The Bertz CT molecular complexity index is 640. The first-order valence-electron chi connectivity index (χ1n) is 5.94. The highest BCUT2D eigenvalue weighted by Gasteiger charge is 2.03. The van der Waals surface area contributed by atoms with Gasteiger partial charge in [-0.25, -0.2) is 4.98 Å². The Morgan fingerprint density at radius 3 is 2.78 bits per heavy atom. The molecule has 0 saturated carbocycles. The van der Waals surface area contributed by atoms with Crippen molar-refractivity contribution in [1.29, 1.82) is 0 Å². The molecule has 0 spiro atoms. The summed E-state index contributed by atoms with van der Waals surface area (Å²) in [6.07, 6.45) is 3.98. The summed E-state index contributed by atoms with van der Waals surface area (Å²) in [7, 11) is 0. The van der Waals surface area contributed by atoms with Gasteiger partial charge in [0.05, 0.1) is 5.69 Å². The second kappa shape index (κ2) is 4.53. The zero-order chi connectivity index (χ0) is 12.4. The van der Waals surface area contributed by atoms with Crippen molar-refractivity contribution in [3.63, 3.8) is 0 Å². The first-order chi connectivity index (χ1) is 8.83. The van der Waals surface area contributed by atoms with Gasteiger partial charge in [0.15, 0.2) is 0 Å². The molecule has 2 aromatic heterocycles. The fourth-order valence-electron chi connectivity index (χ4n) is 1.93. The van der Waals surface area contributed by atoms with E-state index in [1.54, 1.807) is 0 Å². The number of rotatable bonds is 3. The number of fused-ring (bicyclic) bond motifs is 1. The number of hydrogen-bond donors (Lipinski definition) is 0. The fourth-order valence-corrected chi connectivity index (χ4v) is 1.93. The number of ether oxygens (including phenoxy) is 1. The van der Waals surface area contributed by atoms with E-state index in [4.69, 9.17) is 4.74 Å². The lowest BCUT2D eigenvalue weighted by Gasteiger charge is -2.06. The largest absolute Gasteiger partial charge is 0.487 e. The van der Waals surface area contributed by atoms with Gasteiger partial charge in [-0.05, 0) is 30.7 Å². The van der Waals surface area contributed by atoms with E-state index in [0.29, 0.717) is 6.61 Å². The molecule has 3 aromatic rings. The number of imidazole rings is 1. The SMILES string of the molecule is Cc1ccccc1OCc1cn2ccccc2n1. The van der Waals surface area contributed by atoms with E-state index in [1.165, 1.54) is 0 Å². The molecule has 0 saturated heterocycles. The van der Waals surface area contributed by atoms with Crippen molar-refractivity contribution in [1.82, 2.24) is 9.38 Å². The number of nitrogens with zero attached hydrogens (tertiary/aromatic N) is 2. The summed E-state index contributed by atoms with van der Waals surface area (Å²) in [5.74, 6) is 0.912. The fraction of sp³-hybridized carbons (Fsp3) is 0.133. The molecule has 90 valence electrons. The average molecular weight is 238 g/mol. The number of hydrogen-bond acceptors (Lipinski definition) is 2. The zero-order valence-electron chi connectivity index (χ0n) is 10.2. The van der Waals surface area contributed by atoms with Gasteiger partial charge in [-0.2, -0.15) is 0 Å². The third kappa shape index (κ3) is 2.07. The molecule has 1 aromatic carbocycles. The molecule has 3 heteroatoms. The molecule has 0 aliphatic carbocycles. The molecular weight excluding hydrogens is 224 g/mol. The average Bonchev–Trinajstić information content (AvgIpc) is 2.80. The van der Waals surface area contributed by atoms with Crippen LogP contribution in [0, 0.1) is 6.92 Å². The number of aromatic nitrogens is 2. The van der Waals surface area contributed by atoms with E-state index in [2.05, 4.69) is 4.98 Å². The molecule has 0 radical (unpaired) electrons. The van der Waals surface area contributed by atoms with Gasteiger partial charge in [0.2, 0.25) is 0 Å². The molecular formula is C15H14N2O. The molecule has 0 N–H and O–H groups in total. The van der Waals surface area contributed by atoms with Gasteiger partial charge in [-0.15, -0.1) is 0 Å². The van der Waals surface area contributed by atoms with Gasteiger partial charge < -0.3 is 9.14 Å². The Hall–Kier alpha value is -2.29. The predicted molar refractivity (Wildman–Crippen MR) is 70.7 cm³/mol. The Balaban J connectivity index is 1.79. The summed E-state index contributed by atoms with van der Waals surface area (Å²) in [4.78, 5) is 4.50. The summed E-state index contributed by atoms with van der Waals surface area (Å²) in [5.41, 5.74) is 3.02. The lowest BCUT2D eigenvalue weighted by molar-refractivity contribution is 0.300. The first-order valence-corrected chi connectivity index (χ1v) is 5.94. The monoisotopic (exact) mass is 238 g/mol. The van der Waals surface area contributed by atoms with Crippen LogP contribution in [-0.2, 0) is 6.61 Å². The van der Waals surface area contributed by atoms with Crippen LogP contribution in [0.15, 0.2) is 54.9 Å². The summed E-state index contributed by atoms with van der Waals surface area (Å²) >= 11 is 0. The molecule has 0 fully saturated rings. The second-order valence-electron chi connectivity index (χ2n) is 4.25. The van der Waals surface area contributed by atoms with Crippen LogP contribution in [-0.4, -0.2) is 9.38 Å². The minimum atomic E-state index is 0.493. The lowest BCUT2D eigenvalue weighted by atomic mass is 10.2. The summed E-state index contributed by atoms with van der Waals surface area (Å²) in [5, 5.41) is 0. The maximum atomic E-state index is 5.78. The van der Waals surface area contributed by atoms with Crippen molar-refractivity contribution < 1.29 is 4.74 Å². The van der Waals surface area contributed by atoms with E-state index in [9.17, 15) is 0 Å². The van der Waals surface area contributed by atoms with E-state index >= 15 is 0 Å². The third-order valence-electron chi connectivity index (χ3n) is 2.88. The van der Waals surface area contributed by atoms with Crippen molar-refractivity contribution in [2.45, 2.75) is 13.5 Å². The molecule has 18 heavy (non-hydrogen) atoms. The minimum absolute atomic E-state index is 0.493. The van der Waals surface area contributed by atoms with Crippen molar-refractivity contribution in [3.05, 3.63) is 66.1 Å². The highest BCUT2D eigenvalue weighted by molar-refractivity contribution is 5.39. The van der Waals surface area contributed by atoms with Crippen LogP contribution in [0.5, 0.6) is 5.75 Å². The Kier molecular flexibility index (Phi) is 2.73. The molecule has 0 bridgehead atoms. The van der Waals surface area contributed by atoms with E-state index in [0.717, 1.165) is 22.7 Å². The number of pyridine rings is 1. The number of aryl methyl sites for hydroxylation is 1. The summed E-state index contributed by atoms with van der Waals surface area (Å²) < 4.78 is 7.77. The van der Waals surface area contributed by atoms with E-state index in [-0.39, 0.29) is 0 Å². The van der Waals surface area contributed by atoms with Gasteiger partial charge in [0, 0.05) is 12.4 Å². The maximum Gasteiger partial charge on any atom is 0.137 e. The first kappa shape index (κ1) is 10.8. The topological polar surface area (TPSA) is 26.5 Å². The smallest absolute Gasteiger partial charge is 0.137 e. The molecule has 3 nitrogen and oxygen atoms in total. The molecule has 0 amide bonds. The number of para-hydroxylation sites is 1. The van der Waals surface area contributed by atoms with Crippen LogP contribution in [0.1, 0.15) is 11.3 Å². The Morgan fingerprint density at radius 2 is 1.94 bits per heavy atom. The molecule has 2 heterocycles. The van der Waals surface area contributed by atoms with E-state index < -0.39 is 0 Å². The molecule has 0 unspecified atom stereocenters. The Labute approximate surface area is 106 Å². The number of benzene rings is 1. The lowest BCUT2D eigenvalue weighted by Crippen LogP contribution is -1.96. The van der Waals surface area contributed by atoms with Gasteiger partial charge in [0.1, 0.15) is 18.0 Å². The van der Waals surface area contributed by atoms with Gasteiger partial charge in [-0.1, -0.05) is 24.3 Å². The van der Waals surface area contributed by atoms with Crippen LogP contribution in [0.3, 0.4) is 0 Å². The normalized spacial score (nSPS) is 10.7. The van der Waals surface area contributed by atoms with Gasteiger partial charge >= 0.3 is 0 Å². The van der Waals surface area contributed by atoms with Crippen LogP contribution in [0.25, 0.3) is 5.65 Å². The van der Waals surface area contributed by atoms with E-state index in [1.807, 2.05) is 66.2 Å². The van der Waals surface area contributed by atoms with Crippen molar-refractivity contribution in [2.75, 3.05) is 0 Å². The molecule has 3 rings (SSSR count). The van der Waals surface area contributed by atoms with Crippen molar-refractivity contribution in [3.8, 4) is 5.75 Å². The molecule has 0 atom stereocenters. The van der Waals surface area contributed by atoms with Crippen molar-refractivity contribution >= 4 is 5.65 Å². The van der Waals surface area contributed by atoms with Gasteiger partial charge in [-0.3, -0.25) is 0 Å². The quantitative estimate of drug-likeness (QED) is 0.700. The van der Waals surface area contributed by atoms with Crippen LogP contribution in [0.2, 0.25) is 0 Å². The van der Waals surface area contributed by atoms with Crippen LogP contribution < -0.4 is 4.74 Å². The van der Waals surface area contributed by atoms with Crippen LogP contribution >= 0.6 is 0 Å².